The van der Waals surface area contributed by atoms with E-state index in [1.165, 1.54) is 12.1 Å². The van der Waals surface area contributed by atoms with Crippen LogP contribution < -0.4 is 0 Å². The summed E-state index contributed by atoms with van der Waals surface area (Å²) in [5.74, 6) is -2.70. The Morgan fingerprint density at radius 2 is 1.85 bits per heavy atom. The van der Waals surface area contributed by atoms with E-state index in [0.717, 1.165) is 17.2 Å². The van der Waals surface area contributed by atoms with Crippen LogP contribution >= 0.6 is 0 Å². The average molecular weight is 383 g/mol. The summed E-state index contributed by atoms with van der Waals surface area (Å²) in [6.45, 7) is 3.68. The first-order chi connectivity index (χ1) is 12.4. The number of halogens is 4. The average Bonchev–Trinajstić information content (AvgIpc) is 2.97. The van der Waals surface area contributed by atoms with Crippen LogP contribution in [-0.2, 0) is 11.0 Å². The number of carboxylic acid groups (broad SMARTS) is 1. The van der Waals surface area contributed by atoms with Crippen molar-refractivity contribution in [2.45, 2.75) is 50.1 Å². The van der Waals surface area contributed by atoms with E-state index in [2.05, 4.69) is 0 Å². The highest BCUT2D eigenvalue weighted by Crippen LogP contribution is 2.70. The Kier molecular flexibility index (Phi) is 3.65. The lowest BCUT2D eigenvalue weighted by Gasteiger charge is -2.48. The molecule has 27 heavy (non-hydrogen) atoms. The zero-order valence-corrected chi connectivity index (χ0v) is 15.3. The minimum Gasteiger partial charge on any atom is -0.479 e. The third kappa shape index (κ3) is 2.33. The van der Waals surface area contributed by atoms with Crippen LogP contribution in [0.5, 0.6) is 0 Å². The lowest BCUT2D eigenvalue weighted by Crippen LogP contribution is -2.49. The van der Waals surface area contributed by atoms with Crippen molar-refractivity contribution in [1.29, 1.82) is 0 Å². The van der Waals surface area contributed by atoms with Crippen molar-refractivity contribution in [3.63, 3.8) is 0 Å². The SMILES string of the molecule is CN1C(c2ccccc2C(F)(F)F)CC2=C(C3C(C2)C3(F)C(=O)O)C1(C)C. The molecule has 2 aliphatic carbocycles. The summed E-state index contributed by atoms with van der Waals surface area (Å²) in [5, 5.41) is 9.26. The molecule has 1 N–H and O–H groups in total. The molecule has 1 aromatic rings. The molecule has 1 heterocycles. The molecule has 1 saturated carbocycles. The molecular weight excluding hydrogens is 362 g/mol. The zero-order valence-electron chi connectivity index (χ0n) is 15.3. The molecule has 0 amide bonds. The normalized spacial score (nSPS) is 35.0. The van der Waals surface area contributed by atoms with Crippen LogP contribution in [0, 0.1) is 11.8 Å². The highest BCUT2D eigenvalue weighted by atomic mass is 19.4. The van der Waals surface area contributed by atoms with Crippen LogP contribution in [0.25, 0.3) is 0 Å². The topological polar surface area (TPSA) is 40.5 Å². The zero-order chi connectivity index (χ0) is 19.9. The largest absolute Gasteiger partial charge is 0.479 e. The molecule has 3 nitrogen and oxygen atoms in total. The number of carboxylic acids is 1. The van der Waals surface area contributed by atoms with Crippen molar-refractivity contribution >= 4 is 5.97 Å². The number of aliphatic carboxylic acids is 1. The van der Waals surface area contributed by atoms with Crippen molar-refractivity contribution in [2.24, 2.45) is 11.8 Å². The van der Waals surface area contributed by atoms with Gasteiger partial charge in [-0.1, -0.05) is 23.8 Å². The summed E-state index contributed by atoms with van der Waals surface area (Å²) >= 11 is 0. The number of benzene rings is 1. The van der Waals surface area contributed by atoms with E-state index in [0.29, 0.717) is 12.8 Å². The van der Waals surface area contributed by atoms with Gasteiger partial charge in [0, 0.05) is 23.4 Å². The highest BCUT2D eigenvalue weighted by molar-refractivity contribution is 5.85. The minimum absolute atomic E-state index is 0.206. The number of fused-ring (bicyclic) bond motifs is 2. The predicted octanol–water partition coefficient (Wildman–Crippen LogP) is 4.60. The molecule has 0 saturated heterocycles. The molecule has 0 bridgehead atoms. The fourth-order valence-corrected chi connectivity index (χ4v) is 5.31. The fourth-order valence-electron chi connectivity index (χ4n) is 5.31. The quantitative estimate of drug-likeness (QED) is 0.599. The molecule has 1 fully saturated rings. The Bertz CT molecular complexity index is 860. The first-order valence-electron chi connectivity index (χ1n) is 8.95. The molecule has 4 rings (SSSR count). The molecule has 4 unspecified atom stereocenters. The summed E-state index contributed by atoms with van der Waals surface area (Å²) in [5.41, 5.74) is -1.72. The molecule has 0 radical (unpaired) electrons. The summed E-state index contributed by atoms with van der Waals surface area (Å²) in [6.07, 6.45) is -3.78. The lowest BCUT2D eigenvalue weighted by atomic mass is 9.76. The number of likely N-dealkylation sites (N-methyl/N-ethyl adjacent to an activating group) is 1. The monoisotopic (exact) mass is 383 g/mol. The van der Waals surface area contributed by atoms with Gasteiger partial charge in [0.1, 0.15) is 0 Å². The Hall–Kier alpha value is -1.89. The summed E-state index contributed by atoms with van der Waals surface area (Å²) < 4.78 is 55.3. The van der Waals surface area contributed by atoms with Crippen molar-refractivity contribution < 1.29 is 27.5 Å². The first-order valence-corrected chi connectivity index (χ1v) is 8.95. The minimum atomic E-state index is -4.45. The first kappa shape index (κ1) is 18.5. The number of rotatable bonds is 2. The molecule has 1 aliphatic heterocycles. The Morgan fingerprint density at radius 1 is 1.22 bits per heavy atom. The fraction of sp³-hybridized carbons (Fsp3) is 0.550. The maximum absolute atomic E-state index is 14.8. The van der Waals surface area contributed by atoms with E-state index >= 15 is 0 Å². The van der Waals surface area contributed by atoms with E-state index in [1.807, 2.05) is 18.7 Å². The van der Waals surface area contributed by atoms with Crippen molar-refractivity contribution in [1.82, 2.24) is 4.90 Å². The van der Waals surface area contributed by atoms with Crippen LogP contribution in [0.1, 0.15) is 43.9 Å². The van der Waals surface area contributed by atoms with Gasteiger partial charge in [0.2, 0.25) is 5.67 Å². The van der Waals surface area contributed by atoms with Gasteiger partial charge in [0.15, 0.2) is 0 Å². The standard InChI is InChI=1S/C20H21F4NO2/c1-18(2)15-10(8-13-16(15)19(13,21)17(26)27)9-14(25(18)3)11-6-4-5-7-12(11)20(22,23)24/h4-7,13-14,16H,8-9H2,1-3H3,(H,26,27). The van der Waals surface area contributed by atoms with Crippen LogP contribution in [-0.4, -0.2) is 34.2 Å². The van der Waals surface area contributed by atoms with Gasteiger partial charge < -0.3 is 5.11 Å². The van der Waals surface area contributed by atoms with Crippen LogP contribution in [0.3, 0.4) is 0 Å². The second-order valence-electron chi connectivity index (χ2n) is 8.35. The van der Waals surface area contributed by atoms with Crippen LogP contribution in [0.15, 0.2) is 35.4 Å². The number of alkyl halides is 4. The summed E-state index contributed by atoms with van der Waals surface area (Å²) in [4.78, 5) is 13.2. The second-order valence-corrected chi connectivity index (χ2v) is 8.35. The smallest absolute Gasteiger partial charge is 0.416 e. The van der Waals surface area contributed by atoms with Gasteiger partial charge in [-0.05, 0) is 50.9 Å². The molecular formula is C20H21F4NO2. The van der Waals surface area contributed by atoms with Crippen molar-refractivity contribution in [2.75, 3.05) is 7.05 Å². The number of nitrogens with zero attached hydrogens (tertiary/aromatic N) is 1. The van der Waals surface area contributed by atoms with E-state index in [1.54, 1.807) is 13.1 Å². The van der Waals surface area contributed by atoms with Gasteiger partial charge in [-0.3, -0.25) is 4.90 Å². The molecule has 3 aliphatic rings. The molecule has 146 valence electrons. The Morgan fingerprint density at radius 3 is 2.44 bits per heavy atom. The molecule has 1 aromatic carbocycles. The van der Waals surface area contributed by atoms with Crippen LogP contribution in [0.2, 0.25) is 0 Å². The third-order valence-electron chi connectivity index (χ3n) is 6.84. The number of carbonyl (C=O) groups is 1. The van der Waals surface area contributed by atoms with Crippen LogP contribution in [0.4, 0.5) is 17.6 Å². The molecule has 7 heteroatoms. The predicted molar refractivity (Wildman–Crippen MR) is 90.7 cm³/mol. The van der Waals surface area contributed by atoms with Gasteiger partial charge in [0.05, 0.1) is 5.56 Å². The summed E-state index contributed by atoms with van der Waals surface area (Å²) in [6, 6.07) is 5.06. The number of hydrogen-bond donors (Lipinski definition) is 1. The Labute approximate surface area is 154 Å². The second kappa shape index (κ2) is 5.34. The van der Waals surface area contributed by atoms with Gasteiger partial charge >= 0.3 is 12.1 Å². The summed E-state index contributed by atoms with van der Waals surface area (Å²) in [7, 11) is 1.73. The lowest BCUT2D eigenvalue weighted by molar-refractivity contribution is -0.146. The number of hydrogen-bond acceptors (Lipinski definition) is 2. The highest BCUT2D eigenvalue weighted by Gasteiger charge is 2.77. The van der Waals surface area contributed by atoms with Gasteiger partial charge in [-0.15, -0.1) is 0 Å². The molecule has 0 spiro atoms. The third-order valence-corrected chi connectivity index (χ3v) is 6.84. The maximum atomic E-state index is 14.8. The van der Waals surface area contributed by atoms with Gasteiger partial charge in [-0.25, -0.2) is 9.18 Å². The molecule has 4 atom stereocenters. The maximum Gasteiger partial charge on any atom is 0.416 e. The van der Waals surface area contributed by atoms with E-state index in [-0.39, 0.29) is 5.56 Å². The van der Waals surface area contributed by atoms with E-state index in [4.69, 9.17) is 0 Å². The van der Waals surface area contributed by atoms with Gasteiger partial charge in [0.25, 0.3) is 0 Å². The Balaban J connectivity index is 1.77. The van der Waals surface area contributed by atoms with Crippen molar-refractivity contribution in [3.8, 4) is 0 Å². The molecule has 0 aromatic heterocycles. The van der Waals surface area contributed by atoms with E-state index < -0.39 is 46.8 Å². The van der Waals surface area contributed by atoms with Gasteiger partial charge in [-0.2, -0.15) is 13.2 Å². The van der Waals surface area contributed by atoms with E-state index in [9.17, 15) is 27.5 Å². The van der Waals surface area contributed by atoms with Crippen molar-refractivity contribution in [3.05, 3.63) is 46.5 Å².